The standard InChI is InChI=1S/C16H17F3N6O6S/c1-25(8-16(17,18)19)13(26)9-5-4-6-20-12(9)32(28,29)24-15(27)23-14-21-10(30-2)7-11(22-14)31-3/h4-7H,8H2,1-3H3,(H2,21,22,23,24,27). The van der Waals surface area contributed by atoms with Gasteiger partial charge >= 0.3 is 12.2 Å². The zero-order chi connectivity index (χ0) is 24.1. The summed E-state index contributed by atoms with van der Waals surface area (Å²) in [6.07, 6.45) is -3.72. The number of rotatable bonds is 7. The van der Waals surface area contributed by atoms with E-state index in [1.807, 2.05) is 5.32 Å². The average molecular weight is 478 g/mol. The van der Waals surface area contributed by atoms with Crippen LogP contribution in [0.5, 0.6) is 11.8 Å². The van der Waals surface area contributed by atoms with E-state index >= 15 is 0 Å². The van der Waals surface area contributed by atoms with Gasteiger partial charge in [-0.25, -0.2) is 14.5 Å². The van der Waals surface area contributed by atoms with Gasteiger partial charge in [-0.05, 0) is 12.1 Å². The van der Waals surface area contributed by atoms with Gasteiger partial charge in [-0.15, -0.1) is 0 Å². The van der Waals surface area contributed by atoms with E-state index in [1.165, 1.54) is 20.3 Å². The summed E-state index contributed by atoms with van der Waals surface area (Å²) < 4.78 is 74.3. The molecule has 0 radical (unpaired) electrons. The van der Waals surface area contributed by atoms with Gasteiger partial charge in [-0.3, -0.25) is 10.1 Å². The summed E-state index contributed by atoms with van der Waals surface area (Å²) in [5.41, 5.74) is -0.668. The Morgan fingerprint density at radius 1 is 1.16 bits per heavy atom. The molecule has 16 heteroatoms. The molecule has 3 amide bonds. The molecule has 0 aromatic carbocycles. The predicted octanol–water partition coefficient (Wildman–Crippen LogP) is 1.03. The van der Waals surface area contributed by atoms with Gasteiger partial charge in [0.15, 0.2) is 5.03 Å². The van der Waals surface area contributed by atoms with Gasteiger partial charge in [0.2, 0.25) is 17.7 Å². The molecular weight excluding hydrogens is 461 g/mol. The first-order valence-corrected chi connectivity index (χ1v) is 9.92. The summed E-state index contributed by atoms with van der Waals surface area (Å²) in [6.45, 7) is -1.62. The molecule has 0 bridgehead atoms. The SMILES string of the molecule is COc1cc(OC)nc(NC(=O)NS(=O)(=O)c2ncccc2C(=O)N(C)CC(F)(F)F)n1. The van der Waals surface area contributed by atoms with Gasteiger partial charge in [0, 0.05) is 13.2 Å². The number of sulfonamides is 1. The van der Waals surface area contributed by atoms with Gasteiger partial charge in [0.05, 0.1) is 25.8 Å². The third-order valence-corrected chi connectivity index (χ3v) is 4.86. The van der Waals surface area contributed by atoms with Crippen molar-refractivity contribution in [2.75, 3.05) is 33.1 Å². The molecule has 12 nitrogen and oxygen atoms in total. The van der Waals surface area contributed by atoms with Crippen LogP contribution in [0, 0.1) is 0 Å². The first-order chi connectivity index (χ1) is 14.9. The third-order valence-electron chi connectivity index (χ3n) is 3.57. The Balaban J connectivity index is 2.26. The maximum absolute atomic E-state index is 12.6. The number of halogens is 3. The number of carbonyl (C=O) groups excluding carboxylic acids is 2. The second-order valence-corrected chi connectivity index (χ2v) is 7.57. The van der Waals surface area contributed by atoms with Crippen LogP contribution < -0.4 is 19.5 Å². The topological polar surface area (TPSA) is 153 Å². The van der Waals surface area contributed by atoms with E-state index in [4.69, 9.17) is 9.47 Å². The van der Waals surface area contributed by atoms with Gasteiger partial charge in [-0.1, -0.05) is 0 Å². The molecule has 174 valence electrons. The number of anilines is 1. The lowest BCUT2D eigenvalue weighted by molar-refractivity contribution is -0.138. The molecule has 32 heavy (non-hydrogen) atoms. The Kier molecular flexibility index (Phi) is 7.40. The van der Waals surface area contributed by atoms with Crippen molar-refractivity contribution in [3.63, 3.8) is 0 Å². The highest BCUT2D eigenvalue weighted by atomic mass is 32.2. The Labute approximate surface area is 179 Å². The summed E-state index contributed by atoms with van der Waals surface area (Å²) in [6, 6.07) is 2.07. The minimum absolute atomic E-state index is 0.000294. The number of nitrogens with one attached hydrogen (secondary N) is 2. The zero-order valence-corrected chi connectivity index (χ0v) is 17.6. The lowest BCUT2D eigenvalue weighted by atomic mass is 10.2. The van der Waals surface area contributed by atoms with Gasteiger partial charge in [0.25, 0.3) is 15.9 Å². The molecule has 0 saturated carbocycles. The van der Waals surface area contributed by atoms with E-state index in [9.17, 15) is 31.2 Å². The van der Waals surface area contributed by atoms with E-state index in [-0.39, 0.29) is 22.6 Å². The fraction of sp³-hybridized carbons (Fsp3) is 0.312. The highest BCUT2D eigenvalue weighted by Gasteiger charge is 2.34. The lowest BCUT2D eigenvalue weighted by Gasteiger charge is -2.20. The molecule has 0 fully saturated rings. The molecule has 2 aromatic rings. The molecule has 0 spiro atoms. The summed E-state index contributed by atoms with van der Waals surface area (Å²) in [5.74, 6) is -1.64. The lowest BCUT2D eigenvalue weighted by Crippen LogP contribution is -2.39. The Morgan fingerprint density at radius 2 is 1.75 bits per heavy atom. The van der Waals surface area contributed by atoms with Gasteiger partial charge in [0.1, 0.15) is 6.54 Å². The molecule has 2 N–H and O–H groups in total. The van der Waals surface area contributed by atoms with Crippen LogP contribution in [-0.2, 0) is 10.0 Å². The number of methoxy groups -OCH3 is 2. The van der Waals surface area contributed by atoms with Crippen molar-refractivity contribution in [3.8, 4) is 11.8 Å². The number of ether oxygens (including phenoxy) is 2. The number of nitrogens with zero attached hydrogens (tertiary/aromatic N) is 4. The first kappa shape index (κ1) is 24.6. The van der Waals surface area contributed by atoms with Crippen LogP contribution in [0.1, 0.15) is 10.4 Å². The van der Waals surface area contributed by atoms with Crippen LogP contribution >= 0.6 is 0 Å². The van der Waals surface area contributed by atoms with Crippen LogP contribution in [0.25, 0.3) is 0 Å². The molecule has 2 rings (SSSR count). The van der Waals surface area contributed by atoms with Gasteiger partial charge in [-0.2, -0.15) is 31.6 Å². The van der Waals surface area contributed by atoms with Crippen LogP contribution in [0.4, 0.5) is 23.9 Å². The molecule has 0 aliphatic carbocycles. The van der Waals surface area contributed by atoms with E-state index in [0.717, 1.165) is 25.4 Å². The number of amides is 3. The Morgan fingerprint density at radius 3 is 2.28 bits per heavy atom. The molecular formula is C16H17F3N6O6S. The Hall–Kier alpha value is -3.69. The van der Waals surface area contributed by atoms with Crippen LogP contribution in [0.2, 0.25) is 0 Å². The van der Waals surface area contributed by atoms with E-state index in [1.54, 1.807) is 4.72 Å². The maximum Gasteiger partial charge on any atom is 0.406 e. The van der Waals surface area contributed by atoms with Crippen molar-refractivity contribution >= 4 is 27.9 Å². The largest absolute Gasteiger partial charge is 0.481 e. The van der Waals surface area contributed by atoms with Crippen molar-refractivity contribution < 1.29 is 40.7 Å². The molecule has 0 aliphatic rings. The predicted molar refractivity (Wildman–Crippen MR) is 102 cm³/mol. The highest BCUT2D eigenvalue weighted by Crippen LogP contribution is 2.20. The number of urea groups is 1. The summed E-state index contributed by atoms with van der Waals surface area (Å²) in [5, 5.41) is 1.09. The van der Waals surface area contributed by atoms with E-state index in [0.29, 0.717) is 0 Å². The molecule has 0 atom stereocenters. The Bertz CT molecular complexity index is 1090. The quantitative estimate of drug-likeness (QED) is 0.594. The van der Waals surface area contributed by atoms with Crippen molar-refractivity contribution in [1.29, 1.82) is 0 Å². The summed E-state index contributed by atoms with van der Waals surface area (Å²) >= 11 is 0. The van der Waals surface area contributed by atoms with E-state index < -0.39 is 45.3 Å². The van der Waals surface area contributed by atoms with E-state index in [2.05, 4.69) is 15.0 Å². The monoisotopic (exact) mass is 478 g/mol. The minimum atomic E-state index is -4.78. The van der Waals surface area contributed by atoms with Gasteiger partial charge < -0.3 is 14.4 Å². The second kappa shape index (κ2) is 9.63. The van der Waals surface area contributed by atoms with Crippen molar-refractivity contribution in [3.05, 3.63) is 30.0 Å². The molecule has 0 aliphatic heterocycles. The second-order valence-electron chi connectivity index (χ2n) is 5.97. The van der Waals surface area contributed by atoms with Crippen molar-refractivity contribution in [2.24, 2.45) is 0 Å². The van der Waals surface area contributed by atoms with Crippen molar-refractivity contribution in [1.82, 2.24) is 24.6 Å². The summed E-state index contributed by atoms with van der Waals surface area (Å²) in [4.78, 5) is 35.9. The average Bonchev–Trinajstić information content (AvgIpc) is 2.71. The molecule has 2 aromatic heterocycles. The number of carbonyl (C=O) groups is 2. The smallest absolute Gasteiger partial charge is 0.406 e. The number of hydrogen-bond acceptors (Lipinski definition) is 9. The van der Waals surface area contributed by atoms with Crippen LogP contribution in [0.15, 0.2) is 29.4 Å². The molecule has 2 heterocycles. The number of pyridine rings is 1. The van der Waals surface area contributed by atoms with Crippen LogP contribution in [-0.4, -0.2) is 74.2 Å². The van der Waals surface area contributed by atoms with Crippen LogP contribution in [0.3, 0.4) is 0 Å². The summed E-state index contributed by atoms with van der Waals surface area (Å²) in [7, 11) is -1.38. The first-order valence-electron chi connectivity index (χ1n) is 8.44. The fourth-order valence-electron chi connectivity index (χ4n) is 2.28. The molecule has 0 unspecified atom stereocenters. The third kappa shape index (κ3) is 6.40. The normalized spacial score (nSPS) is 11.4. The number of hydrogen-bond donors (Lipinski definition) is 2. The highest BCUT2D eigenvalue weighted by molar-refractivity contribution is 7.90. The maximum atomic E-state index is 12.6. The molecule has 0 saturated heterocycles. The van der Waals surface area contributed by atoms with Crippen molar-refractivity contribution in [2.45, 2.75) is 11.2 Å². The minimum Gasteiger partial charge on any atom is -0.481 e. The number of alkyl halides is 3. The fourth-order valence-corrected chi connectivity index (χ4v) is 3.32. The number of aromatic nitrogens is 3. The zero-order valence-electron chi connectivity index (χ0n) is 16.8.